The summed E-state index contributed by atoms with van der Waals surface area (Å²) in [6.45, 7) is 7.45. The van der Waals surface area contributed by atoms with Crippen molar-refractivity contribution >= 4 is 11.4 Å². The lowest BCUT2D eigenvalue weighted by atomic mass is 10.1. The van der Waals surface area contributed by atoms with E-state index in [1.807, 2.05) is 27.7 Å². The summed E-state index contributed by atoms with van der Waals surface area (Å²) in [5, 5.41) is 23.3. The molecule has 1 aromatic rings. The molecule has 1 aromatic carbocycles. The number of hydrogen-bond donors (Lipinski definition) is 2. The summed E-state index contributed by atoms with van der Waals surface area (Å²) in [7, 11) is 0. The van der Waals surface area contributed by atoms with Gasteiger partial charge in [-0.15, -0.1) is 0 Å². The number of nitrogens with one attached hydrogen (secondary N) is 1. The summed E-state index contributed by atoms with van der Waals surface area (Å²) < 4.78 is 5.64. The van der Waals surface area contributed by atoms with Crippen molar-refractivity contribution in [3.05, 3.63) is 28.3 Å². The monoisotopic (exact) mass is 282 g/mol. The second kappa shape index (κ2) is 6.56. The molecule has 1 atom stereocenters. The highest BCUT2D eigenvalue weighted by Crippen LogP contribution is 2.33. The molecule has 0 radical (unpaired) electrons. The van der Waals surface area contributed by atoms with Gasteiger partial charge in [-0.1, -0.05) is 6.92 Å². The van der Waals surface area contributed by atoms with Crippen molar-refractivity contribution in [3.63, 3.8) is 0 Å². The minimum atomic E-state index is -0.523. The molecule has 2 N–H and O–H groups in total. The number of aliphatic hydroxyl groups excluding tert-OH is 1. The second-order valence-corrected chi connectivity index (χ2v) is 5.59. The van der Waals surface area contributed by atoms with E-state index < -0.39 is 10.5 Å². The van der Waals surface area contributed by atoms with Crippen LogP contribution in [0, 0.1) is 10.1 Å². The van der Waals surface area contributed by atoms with Crippen molar-refractivity contribution in [1.82, 2.24) is 0 Å². The molecule has 0 bridgehead atoms. The Morgan fingerprint density at radius 3 is 2.55 bits per heavy atom. The van der Waals surface area contributed by atoms with Crippen LogP contribution in [0.2, 0.25) is 0 Å². The summed E-state index contributed by atoms with van der Waals surface area (Å²) in [6, 6.07) is 4.54. The molecule has 0 spiro atoms. The van der Waals surface area contributed by atoms with Crippen molar-refractivity contribution < 1.29 is 14.8 Å². The molecular formula is C14H22N2O4. The fraction of sp³-hybridized carbons (Fsp3) is 0.571. The van der Waals surface area contributed by atoms with E-state index in [9.17, 15) is 15.2 Å². The lowest BCUT2D eigenvalue weighted by Crippen LogP contribution is -2.24. The first kappa shape index (κ1) is 16.2. The topological polar surface area (TPSA) is 84.6 Å². The number of nitrogens with zero attached hydrogens (tertiary/aromatic N) is 1. The molecule has 0 fully saturated rings. The van der Waals surface area contributed by atoms with Crippen LogP contribution in [0.5, 0.6) is 5.75 Å². The number of nitro groups is 1. The van der Waals surface area contributed by atoms with Crippen molar-refractivity contribution in [2.24, 2.45) is 0 Å². The van der Waals surface area contributed by atoms with Crippen LogP contribution in [0.15, 0.2) is 18.2 Å². The van der Waals surface area contributed by atoms with Crippen molar-refractivity contribution in [2.75, 3.05) is 11.9 Å². The average molecular weight is 282 g/mol. The minimum Gasteiger partial charge on any atom is -0.481 e. The number of benzene rings is 1. The number of ether oxygens (including phenoxy) is 1. The van der Waals surface area contributed by atoms with Crippen LogP contribution in [0.25, 0.3) is 0 Å². The third-order valence-corrected chi connectivity index (χ3v) is 2.66. The first-order valence-electron chi connectivity index (χ1n) is 6.61. The van der Waals surface area contributed by atoms with E-state index in [2.05, 4.69) is 5.32 Å². The molecule has 0 saturated heterocycles. The largest absolute Gasteiger partial charge is 0.481 e. The quantitative estimate of drug-likeness (QED) is 0.619. The van der Waals surface area contributed by atoms with Gasteiger partial charge in [0.05, 0.1) is 11.5 Å². The number of anilines is 1. The van der Waals surface area contributed by atoms with Gasteiger partial charge in [0.1, 0.15) is 5.60 Å². The molecule has 0 heterocycles. The molecule has 0 unspecified atom stereocenters. The van der Waals surface area contributed by atoms with E-state index in [1.54, 1.807) is 12.1 Å². The zero-order chi connectivity index (χ0) is 15.3. The van der Waals surface area contributed by atoms with Crippen molar-refractivity contribution in [1.29, 1.82) is 0 Å². The summed E-state index contributed by atoms with van der Waals surface area (Å²) in [4.78, 5) is 10.6. The highest BCUT2D eigenvalue weighted by molar-refractivity contribution is 5.58. The van der Waals surface area contributed by atoms with Crippen LogP contribution in [-0.4, -0.2) is 28.3 Å². The highest BCUT2D eigenvalue weighted by atomic mass is 16.6. The van der Waals surface area contributed by atoms with Crippen LogP contribution in [0.1, 0.15) is 34.1 Å². The standard InChI is InChI=1S/C14H22N2O4/c1-5-10(9-17)15-11-6-7-12(16(18)19)13(8-11)20-14(2,3)4/h6-8,10,15,17H,5,9H2,1-4H3/t10-/m1/s1. The molecule has 6 nitrogen and oxygen atoms in total. The Morgan fingerprint density at radius 1 is 1.45 bits per heavy atom. The normalized spacial score (nSPS) is 12.8. The predicted octanol–water partition coefficient (Wildman–Crippen LogP) is 2.95. The van der Waals surface area contributed by atoms with Gasteiger partial charge < -0.3 is 15.2 Å². The zero-order valence-corrected chi connectivity index (χ0v) is 12.3. The van der Waals surface area contributed by atoms with Gasteiger partial charge in [-0.3, -0.25) is 10.1 Å². The lowest BCUT2D eigenvalue weighted by Gasteiger charge is -2.22. The molecule has 0 aliphatic rings. The maximum Gasteiger partial charge on any atom is 0.311 e. The third-order valence-electron chi connectivity index (χ3n) is 2.66. The second-order valence-electron chi connectivity index (χ2n) is 5.59. The van der Waals surface area contributed by atoms with Crippen LogP contribution >= 0.6 is 0 Å². The summed E-state index contributed by atoms with van der Waals surface area (Å²) in [5.74, 6) is 0.222. The molecule has 0 aliphatic heterocycles. The molecule has 0 aliphatic carbocycles. The van der Waals surface area contributed by atoms with Crippen LogP contribution in [0.4, 0.5) is 11.4 Å². The summed E-state index contributed by atoms with van der Waals surface area (Å²) in [5.41, 5.74) is 0.100. The fourth-order valence-electron chi connectivity index (χ4n) is 1.68. The van der Waals surface area contributed by atoms with E-state index >= 15 is 0 Å². The fourth-order valence-corrected chi connectivity index (χ4v) is 1.68. The van der Waals surface area contributed by atoms with E-state index in [1.165, 1.54) is 6.07 Å². The van der Waals surface area contributed by atoms with E-state index in [0.29, 0.717) is 5.69 Å². The Balaban J connectivity index is 3.07. The lowest BCUT2D eigenvalue weighted by molar-refractivity contribution is -0.386. The predicted molar refractivity (Wildman–Crippen MR) is 78.3 cm³/mol. The van der Waals surface area contributed by atoms with Crippen molar-refractivity contribution in [3.8, 4) is 5.75 Å². The summed E-state index contributed by atoms with van der Waals surface area (Å²) >= 11 is 0. The SMILES string of the molecule is CC[C@H](CO)Nc1ccc([N+](=O)[O-])c(OC(C)(C)C)c1. The Hall–Kier alpha value is -1.82. The van der Waals surface area contributed by atoms with Gasteiger partial charge in [-0.25, -0.2) is 0 Å². The highest BCUT2D eigenvalue weighted by Gasteiger charge is 2.21. The maximum absolute atomic E-state index is 11.0. The number of hydrogen-bond acceptors (Lipinski definition) is 5. The first-order chi connectivity index (χ1) is 9.26. The van der Waals surface area contributed by atoms with E-state index in [4.69, 9.17) is 4.74 Å². The molecule has 0 saturated carbocycles. The van der Waals surface area contributed by atoms with Gasteiger partial charge in [0.15, 0.2) is 5.75 Å². The Labute approximate surface area is 118 Å². The Kier molecular flexibility index (Phi) is 5.33. The molecule has 0 aromatic heterocycles. The number of nitro benzene ring substituents is 1. The number of rotatable bonds is 6. The van der Waals surface area contributed by atoms with Crippen LogP contribution in [0.3, 0.4) is 0 Å². The molecule has 0 amide bonds. The van der Waals surface area contributed by atoms with E-state index in [-0.39, 0.29) is 24.1 Å². The molecule has 6 heteroatoms. The minimum absolute atomic E-state index is 0.00293. The van der Waals surface area contributed by atoms with Gasteiger partial charge in [0.2, 0.25) is 0 Å². The first-order valence-corrected chi connectivity index (χ1v) is 6.61. The van der Waals surface area contributed by atoms with Gasteiger partial charge in [0, 0.05) is 23.9 Å². The van der Waals surface area contributed by atoms with Gasteiger partial charge in [-0.05, 0) is 33.3 Å². The summed E-state index contributed by atoms with van der Waals surface area (Å²) in [6.07, 6.45) is 0.753. The van der Waals surface area contributed by atoms with Crippen molar-refractivity contribution in [2.45, 2.75) is 45.8 Å². The van der Waals surface area contributed by atoms with Gasteiger partial charge >= 0.3 is 5.69 Å². The van der Waals surface area contributed by atoms with Gasteiger partial charge in [-0.2, -0.15) is 0 Å². The number of aliphatic hydroxyl groups is 1. The zero-order valence-electron chi connectivity index (χ0n) is 12.3. The van der Waals surface area contributed by atoms with Crippen LogP contribution in [-0.2, 0) is 0 Å². The smallest absolute Gasteiger partial charge is 0.311 e. The Morgan fingerprint density at radius 2 is 2.10 bits per heavy atom. The average Bonchev–Trinajstić information content (AvgIpc) is 2.33. The molecule has 20 heavy (non-hydrogen) atoms. The maximum atomic E-state index is 11.0. The van der Waals surface area contributed by atoms with Crippen LogP contribution < -0.4 is 10.1 Å². The van der Waals surface area contributed by atoms with E-state index in [0.717, 1.165) is 6.42 Å². The molecular weight excluding hydrogens is 260 g/mol. The molecule has 1 rings (SSSR count). The molecule has 112 valence electrons. The Bertz CT molecular complexity index is 465. The van der Waals surface area contributed by atoms with Gasteiger partial charge in [0.25, 0.3) is 0 Å². The third kappa shape index (κ3) is 4.70.